The molecule has 0 fully saturated rings. The van der Waals surface area contributed by atoms with Crippen molar-refractivity contribution in [1.82, 2.24) is 15.3 Å². The zero-order valence-corrected chi connectivity index (χ0v) is 13.5. The SMILES string of the molecule is COc1ccc(C(=O)NCc2cccc3ncsc23)c(OC)n1. The molecule has 6 nitrogen and oxygen atoms in total. The van der Waals surface area contributed by atoms with Crippen LogP contribution in [0.3, 0.4) is 0 Å². The van der Waals surface area contributed by atoms with Crippen molar-refractivity contribution in [2.24, 2.45) is 0 Å². The highest BCUT2D eigenvalue weighted by molar-refractivity contribution is 7.16. The molecule has 3 rings (SSSR count). The maximum absolute atomic E-state index is 12.4. The molecule has 3 aromatic rings. The number of hydrogen-bond acceptors (Lipinski definition) is 6. The van der Waals surface area contributed by atoms with E-state index in [1.807, 2.05) is 18.2 Å². The summed E-state index contributed by atoms with van der Waals surface area (Å²) >= 11 is 1.56. The highest BCUT2D eigenvalue weighted by Gasteiger charge is 2.15. The van der Waals surface area contributed by atoms with E-state index in [2.05, 4.69) is 15.3 Å². The van der Waals surface area contributed by atoms with Crippen molar-refractivity contribution in [3.63, 3.8) is 0 Å². The van der Waals surface area contributed by atoms with Crippen LogP contribution in [0.2, 0.25) is 0 Å². The minimum atomic E-state index is -0.251. The van der Waals surface area contributed by atoms with Crippen molar-refractivity contribution < 1.29 is 14.3 Å². The number of nitrogens with one attached hydrogen (secondary N) is 1. The van der Waals surface area contributed by atoms with E-state index in [9.17, 15) is 4.79 Å². The second-order valence-corrected chi connectivity index (χ2v) is 5.57. The number of methoxy groups -OCH3 is 2. The molecule has 0 radical (unpaired) electrons. The number of carbonyl (C=O) groups excluding carboxylic acids is 1. The Hall–Kier alpha value is -2.67. The predicted molar refractivity (Wildman–Crippen MR) is 88.1 cm³/mol. The van der Waals surface area contributed by atoms with Crippen molar-refractivity contribution >= 4 is 27.5 Å². The van der Waals surface area contributed by atoms with Gasteiger partial charge < -0.3 is 14.8 Å². The van der Waals surface area contributed by atoms with Gasteiger partial charge in [0, 0.05) is 12.6 Å². The molecule has 0 saturated heterocycles. The van der Waals surface area contributed by atoms with Gasteiger partial charge in [0.1, 0.15) is 5.56 Å². The second-order valence-electron chi connectivity index (χ2n) is 4.71. The van der Waals surface area contributed by atoms with Crippen molar-refractivity contribution in [2.45, 2.75) is 6.54 Å². The van der Waals surface area contributed by atoms with E-state index in [-0.39, 0.29) is 11.8 Å². The second kappa shape index (κ2) is 6.62. The Bertz CT molecular complexity index is 847. The third-order valence-electron chi connectivity index (χ3n) is 3.36. The zero-order valence-electron chi connectivity index (χ0n) is 12.7. The summed E-state index contributed by atoms with van der Waals surface area (Å²) in [5, 5.41) is 2.89. The van der Waals surface area contributed by atoms with Crippen LogP contribution in [0, 0.1) is 0 Å². The van der Waals surface area contributed by atoms with Crippen LogP contribution >= 0.6 is 11.3 Å². The number of carbonyl (C=O) groups is 1. The molecule has 0 unspecified atom stereocenters. The maximum atomic E-state index is 12.4. The number of fused-ring (bicyclic) bond motifs is 1. The number of thiazole rings is 1. The Morgan fingerprint density at radius 2 is 2.09 bits per heavy atom. The topological polar surface area (TPSA) is 73.3 Å². The van der Waals surface area contributed by atoms with E-state index in [0.717, 1.165) is 15.8 Å². The third-order valence-corrected chi connectivity index (χ3v) is 4.28. The summed E-state index contributed by atoms with van der Waals surface area (Å²) in [5.74, 6) is 0.379. The van der Waals surface area contributed by atoms with Gasteiger partial charge in [-0.15, -0.1) is 11.3 Å². The number of hydrogen-bond donors (Lipinski definition) is 1. The smallest absolute Gasteiger partial charge is 0.257 e. The summed E-state index contributed by atoms with van der Waals surface area (Å²) in [6, 6.07) is 9.12. The molecule has 0 aliphatic heterocycles. The van der Waals surface area contributed by atoms with Crippen molar-refractivity contribution in [2.75, 3.05) is 14.2 Å². The first-order valence-corrected chi connectivity index (χ1v) is 7.79. The van der Waals surface area contributed by atoms with Crippen molar-refractivity contribution in [3.8, 4) is 11.8 Å². The van der Waals surface area contributed by atoms with Gasteiger partial charge in [0.25, 0.3) is 5.91 Å². The molecule has 1 aromatic carbocycles. The average Bonchev–Trinajstić information content (AvgIpc) is 3.08. The molecule has 2 aromatic heterocycles. The summed E-state index contributed by atoms with van der Waals surface area (Å²) in [6.07, 6.45) is 0. The number of ether oxygens (including phenoxy) is 2. The number of rotatable bonds is 5. The van der Waals surface area contributed by atoms with E-state index in [0.29, 0.717) is 18.0 Å². The van der Waals surface area contributed by atoms with Gasteiger partial charge in [0.15, 0.2) is 0 Å². The van der Waals surface area contributed by atoms with Crippen LogP contribution in [0.5, 0.6) is 11.8 Å². The van der Waals surface area contributed by atoms with Crippen molar-refractivity contribution in [1.29, 1.82) is 0 Å². The van der Waals surface area contributed by atoms with E-state index < -0.39 is 0 Å². The average molecular weight is 329 g/mol. The first kappa shape index (κ1) is 15.2. The highest BCUT2D eigenvalue weighted by atomic mass is 32.1. The first-order valence-electron chi connectivity index (χ1n) is 6.91. The molecule has 0 aliphatic carbocycles. The summed E-state index contributed by atoms with van der Waals surface area (Å²) in [4.78, 5) is 20.8. The zero-order chi connectivity index (χ0) is 16.2. The lowest BCUT2D eigenvalue weighted by molar-refractivity contribution is 0.0947. The molecule has 0 spiro atoms. The van der Waals surface area contributed by atoms with Crippen LogP contribution in [-0.2, 0) is 6.54 Å². The Balaban J connectivity index is 1.78. The Morgan fingerprint density at radius 3 is 2.87 bits per heavy atom. The normalized spacial score (nSPS) is 10.5. The maximum Gasteiger partial charge on any atom is 0.257 e. The van der Waals surface area contributed by atoms with E-state index in [1.54, 1.807) is 29.0 Å². The molecular formula is C16H15N3O3S. The van der Waals surface area contributed by atoms with Gasteiger partial charge in [-0.1, -0.05) is 12.1 Å². The highest BCUT2D eigenvalue weighted by Crippen LogP contribution is 2.23. The van der Waals surface area contributed by atoms with E-state index in [4.69, 9.17) is 9.47 Å². The fourth-order valence-corrected chi connectivity index (χ4v) is 3.03. The summed E-state index contributed by atoms with van der Waals surface area (Å²) in [7, 11) is 2.98. The Kier molecular flexibility index (Phi) is 4.38. The van der Waals surface area contributed by atoms with Crippen LogP contribution in [0.25, 0.3) is 10.2 Å². The lowest BCUT2D eigenvalue weighted by Gasteiger charge is -2.10. The van der Waals surface area contributed by atoms with Crippen LogP contribution in [0.15, 0.2) is 35.8 Å². The van der Waals surface area contributed by atoms with E-state index >= 15 is 0 Å². The molecule has 23 heavy (non-hydrogen) atoms. The standard InChI is InChI=1S/C16H15N3O3S/c1-21-13-7-6-11(16(19-13)22-2)15(20)17-8-10-4-3-5-12-14(10)23-9-18-12/h3-7,9H,8H2,1-2H3,(H,17,20). The fraction of sp³-hybridized carbons (Fsp3) is 0.188. The molecule has 1 amide bonds. The summed E-state index contributed by atoms with van der Waals surface area (Å²) < 4.78 is 11.3. The Morgan fingerprint density at radius 1 is 1.22 bits per heavy atom. The molecule has 0 atom stereocenters. The molecule has 7 heteroatoms. The molecule has 118 valence electrons. The first-order chi connectivity index (χ1) is 11.2. The molecule has 0 aliphatic rings. The van der Waals surface area contributed by atoms with Gasteiger partial charge in [-0.3, -0.25) is 4.79 Å². The monoisotopic (exact) mass is 329 g/mol. The van der Waals surface area contributed by atoms with Crippen LogP contribution in [0.4, 0.5) is 0 Å². The predicted octanol–water partition coefficient (Wildman–Crippen LogP) is 2.64. The fourth-order valence-electron chi connectivity index (χ4n) is 2.22. The van der Waals surface area contributed by atoms with Crippen molar-refractivity contribution in [3.05, 3.63) is 47.0 Å². The van der Waals surface area contributed by atoms with Gasteiger partial charge in [-0.25, -0.2) is 4.98 Å². The summed E-state index contributed by atoms with van der Waals surface area (Å²) in [6.45, 7) is 0.410. The molecule has 1 N–H and O–H groups in total. The number of aromatic nitrogens is 2. The molecule has 0 bridgehead atoms. The number of pyridine rings is 1. The number of nitrogens with zero attached hydrogens (tertiary/aromatic N) is 2. The number of amides is 1. The molecular weight excluding hydrogens is 314 g/mol. The molecule has 0 saturated carbocycles. The van der Waals surface area contributed by atoms with Gasteiger partial charge in [0.2, 0.25) is 11.8 Å². The van der Waals surface area contributed by atoms with Crippen LogP contribution < -0.4 is 14.8 Å². The lowest BCUT2D eigenvalue weighted by Crippen LogP contribution is -2.23. The van der Waals surface area contributed by atoms with Crippen LogP contribution in [0.1, 0.15) is 15.9 Å². The van der Waals surface area contributed by atoms with Gasteiger partial charge in [-0.2, -0.15) is 4.98 Å². The molecule has 2 heterocycles. The third kappa shape index (κ3) is 3.09. The van der Waals surface area contributed by atoms with Gasteiger partial charge >= 0.3 is 0 Å². The minimum Gasteiger partial charge on any atom is -0.481 e. The Labute approximate surface area is 137 Å². The van der Waals surface area contributed by atoms with Gasteiger partial charge in [0.05, 0.1) is 29.9 Å². The largest absolute Gasteiger partial charge is 0.481 e. The summed E-state index contributed by atoms with van der Waals surface area (Å²) in [5.41, 5.74) is 4.13. The van der Waals surface area contributed by atoms with Crippen LogP contribution in [-0.4, -0.2) is 30.1 Å². The van der Waals surface area contributed by atoms with Gasteiger partial charge in [-0.05, 0) is 17.7 Å². The van der Waals surface area contributed by atoms with E-state index in [1.165, 1.54) is 14.2 Å². The lowest BCUT2D eigenvalue weighted by atomic mass is 10.2. The quantitative estimate of drug-likeness (QED) is 0.779. The minimum absolute atomic E-state index is 0.234. The number of benzene rings is 1.